The molecule has 5 nitrogen and oxygen atoms in total. The lowest BCUT2D eigenvalue weighted by molar-refractivity contribution is -0.121. The van der Waals surface area contributed by atoms with E-state index in [0.29, 0.717) is 28.3 Å². The molecule has 0 N–H and O–H groups in total. The summed E-state index contributed by atoms with van der Waals surface area (Å²) in [5, 5.41) is 4.90. The summed E-state index contributed by atoms with van der Waals surface area (Å²) in [5.74, 6) is 1.37. The number of nitrogens with zero attached hydrogens (tertiary/aromatic N) is 3. The number of benzene rings is 2. The number of rotatable bonds is 9. The number of carbonyl (C=O) groups is 1. The van der Waals surface area contributed by atoms with Crippen LogP contribution in [0.2, 0.25) is 0 Å². The van der Waals surface area contributed by atoms with Crippen LogP contribution in [0.15, 0.2) is 72.3 Å². The van der Waals surface area contributed by atoms with Gasteiger partial charge in [-0.3, -0.25) is 9.69 Å². The Morgan fingerprint density at radius 2 is 1.97 bits per heavy atom. The van der Waals surface area contributed by atoms with Crippen molar-refractivity contribution in [3.05, 3.63) is 83.4 Å². The summed E-state index contributed by atoms with van der Waals surface area (Å²) in [6.07, 6.45) is 6.52. The minimum Gasteiger partial charge on any atom is -0.493 e. The molecule has 1 amide bonds. The highest BCUT2D eigenvalue weighted by Crippen LogP contribution is 2.35. The second-order valence-corrected chi connectivity index (χ2v) is 10.5. The number of amides is 1. The largest absolute Gasteiger partial charge is 0.493 e. The van der Waals surface area contributed by atoms with Gasteiger partial charge in [0.25, 0.3) is 5.91 Å². The monoisotopic (exact) mass is 503 g/mol. The second kappa shape index (κ2) is 11.1. The molecule has 0 spiro atoms. The Kier molecular flexibility index (Phi) is 7.88. The molecule has 1 aromatic heterocycles. The van der Waals surface area contributed by atoms with Crippen LogP contribution in [0.3, 0.4) is 0 Å². The van der Waals surface area contributed by atoms with Gasteiger partial charge in [-0.05, 0) is 61.2 Å². The molecule has 180 valence electrons. The summed E-state index contributed by atoms with van der Waals surface area (Å²) in [5.41, 5.74) is 4.59. The second-order valence-electron chi connectivity index (χ2n) is 8.81. The molecule has 0 bridgehead atoms. The van der Waals surface area contributed by atoms with Crippen LogP contribution >= 0.6 is 24.0 Å². The Morgan fingerprint density at radius 3 is 2.66 bits per heavy atom. The smallest absolute Gasteiger partial charge is 0.266 e. The molecule has 35 heavy (non-hydrogen) atoms. The highest BCUT2D eigenvalue weighted by atomic mass is 32.2. The van der Waals surface area contributed by atoms with Crippen molar-refractivity contribution in [1.82, 2.24) is 14.7 Å². The molecule has 0 radical (unpaired) electrons. The number of carbonyl (C=O) groups excluding carboxylic acids is 1. The zero-order chi connectivity index (χ0) is 24.9. The molecule has 1 aliphatic heterocycles. The Balaban J connectivity index is 1.72. The SMILES string of the molecule is C=CCN1C(=O)C(=Cc2cn(-c3ccccc3)nc2-c2ccc(OCCC(C)C)c(C)c2)SC1=S. The van der Waals surface area contributed by atoms with Crippen molar-refractivity contribution in [1.29, 1.82) is 0 Å². The highest BCUT2D eigenvalue weighted by molar-refractivity contribution is 8.26. The van der Waals surface area contributed by atoms with Crippen LogP contribution in [0.4, 0.5) is 0 Å². The molecule has 0 aliphatic carbocycles. The number of hydrogen-bond donors (Lipinski definition) is 0. The maximum absolute atomic E-state index is 12.9. The van der Waals surface area contributed by atoms with Crippen molar-refractivity contribution in [2.75, 3.05) is 13.2 Å². The fourth-order valence-corrected chi connectivity index (χ4v) is 4.99. The fraction of sp³-hybridized carbons (Fsp3) is 0.250. The number of ether oxygens (including phenoxy) is 1. The topological polar surface area (TPSA) is 47.4 Å². The van der Waals surface area contributed by atoms with Crippen molar-refractivity contribution in [3.63, 3.8) is 0 Å². The van der Waals surface area contributed by atoms with Crippen LogP contribution < -0.4 is 4.74 Å². The molecule has 3 aromatic rings. The maximum atomic E-state index is 12.9. The highest BCUT2D eigenvalue weighted by Gasteiger charge is 2.31. The van der Waals surface area contributed by atoms with Gasteiger partial charge in [0.15, 0.2) is 0 Å². The Bertz CT molecular complexity index is 1280. The Hall–Kier alpha value is -3.16. The van der Waals surface area contributed by atoms with Crippen LogP contribution in [0, 0.1) is 12.8 Å². The van der Waals surface area contributed by atoms with Gasteiger partial charge in [-0.1, -0.05) is 62.1 Å². The van der Waals surface area contributed by atoms with Crippen molar-refractivity contribution >= 4 is 40.3 Å². The minimum absolute atomic E-state index is 0.108. The van der Waals surface area contributed by atoms with Crippen LogP contribution in [-0.4, -0.2) is 38.1 Å². The summed E-state index contributed by atoms with van der Waals surface area (Å²) in [6.45, 7) is 11.2. The van der Waals surface area contributed by atoms with Crippen LogP contribution in [-0.2, 0) is 4.79 Å². The number of para-hydroxylation sites is 1. The van der Waals surface area contributed by atoms with Crippen molar-refractivity contribution in [3.8, 4) is 22.7 Å². The minimum atomic E-state index is -0.108. The van der Waals surface area contributed by atoms with Crippen LogP contribution in [0.1, 0.15) is 31.4 Å². The summed E-state index contributed by atoms with van der Waals surface area (Å²) in [7, 11) is 0. The molecule has 0 saturated carbocycles. The molecule has 0 unspecified atom stereocenters. The first-order valence-corrected chi connectivity index (χ1v) is 12.8. The average molecular weight is 504 g/mol. The summed E-state index contributed by atoms with van der Waals surface area (Å²) < 4.78 is 8.38. The zero-order valence-electron chi connectivity index (χ0n) is 20.2. The lowest BCUT2D eigenvalue weighted by Crippen LogP contribution is -2.27. The third kappa shape index (κ3) is 5.74. The number of thiocarbonyl (C=S) groups is 1. The van der Waals surface area contributed by atoms with E-state index < -0.39 is 0 Å². The molecule has 1 aliphatic rings. The fourth-order valence-electron chi connectivity index (χ4n) is 3.72. The van der Waals surface area contributed by atoms with E-state index in [2.05, 4.69) is 26.5 Å². The summed E-state index contributed by atoms with van der Waals surface area (Å²) in [4.78, 5) is 15.1. The maximum Gasteiger partial charge on any atom is 0.266 e. The molecule has 2 aromatic carbocycles. The van der Waals surface area contributed by atoms with Crippen LogP contribution in [0.5, 0.6) is 5.75 Å². The van der Waals surface area contributed by atoms with Gasteiger partial charge in [-0.2, -0.15) is 5.10 Å². The van der Waals surface area contributed by atoms with Gasteiger partial charge in [0, 0.05) is 23.9 Å². The number of aryl methyl sites for hydroxylation is 1. The molecular formula is C28H29N3O2S2. The molecule has 2 heterocycles. The first-order chi connectivity index (χ1) is 16.9. The Labute approximate surface area is 216 Å². The molecule has 7 heteroatoms. The number of aromatic nitrogens is 2. The molecule has 4 rings (SSSR count). The normalized spacial score (nSPS) is 14.9. The third-order valence-electron chi connectivity index (χ3n) is 5.64. The van der Waals surface area contributed by atoms with E-state index in [-0.39, 0.29) is 5.91 Å². The molecular weight excluding hydrogens is 474 g/mol. The number of hydrogen-bond acceptors (Lipinski definition) is 5. The molecule has 1 saturated heterocycles. The van der Waals surface area contributed by atoms with E-state index in [1.54, 1.807) is 11.0 Å². The average Bonchev–Trinajstić information content (AvgIpc) is 3.37. The molecule has 0 atom stereocenters. The van der Waals surface area contributed by atoms with E-state index >= 15 is 0 Å². The lowest BCUT2D eigenvalue weighted by atomic mass is 10.0. The van der Waals surface area contributed by atoms with Crippen molar-refractivity contribution < 1.29 is 9.53 Å². The predicted molar refractivity (Wildman–Crippen MR) is 149 cm³/mol. The van der Waals surface area contributed by atoms with Gasteiger partial charge < -0.3 is 4.74 Å². The van der Waals surface area contributed by atoms with Gasteiger partial charge in [0.2, 0.25) is 0 Å². The zero-order valence-corrected chi connectivity index (χ0v) is 21.9. The lowest BCUT2D eigenvalue weighted by Gasteiger charge is -2.12. The van der Waals surface area contributed by atoms with E-state index in [4.69, 9.17) is 22.1 Å². The quantitative estimate of drug-likeness (QED) is 0.186. The number of thioether (sulfide) groups is 1. The first-order valence-electron chi connectivity index (χ1n) is 11.6. The summed E-state index contributed by atoms with van der Waals surface area (Å²) in [6, 6.07) is 16.0. The standard InChI is InChI=1S/C28H29N3O2S2/c1-5-14-30-27(32)25(35-28(30)34)17-22-18-31(23-9-7-6-8-10-23)29-26(22)21-11-12-24(20(4)16-21)33-15-13-19(2)3/h5-12,16-19H,1,13-15H2,2-4H3. The van der Waals surface area contributed by atoms with E-state index in [1.165, 1.54) is 11.8 Å². The van der Waals surface area contributed by atoms with Crippen molar-refractivity contribution in [2.24, 2.45) is 5.92 Å². The van der Waals surface area contributed by atoms with Gasteiger partial charge in [0.05, 0.1) is 17.2 Å². The van der Waals surface area contributed by atoms with E-state index in [0.717, 1.165) is 40.2 Å². The first kappa shape index (κ1) is 24.9. The predicted octanol–water partition coefficient (Wildman–Crippen LogP) is 6.66. The Morgan fingerprint density at radius 1 is 1.20 bits per heavy atom. The van der Waals surface area contributed by atoms with Gasteiger partial charge in [-0.15, -0.1) is 6.58 Å². The van der Waals surface area contributed by atoms with Crippen molar-refractivity contribution in [2.45, 2.75) is 27.2 Å². The summed E-state index contributed by atoms with van der Waals surface area (Å²) >= 11 is 6.72. The van der Waals surface area contributed by atoms with E-state index in [1.807, 2.05) is 66.3 Å². The van der Waals surface area contributed by atoms with Gasteiger partial charge >= 0.3 is 0 Å². The van der Waals surface area contributed by atoms with Gasteiger partial charge in [0.1, 0.15) is 15.8 Å². The van der Waals surface area contributed by atoms with E-state index in [9.17, 15) is 4.79 Å². The van der Waals surface area contributed by atoms with Gasteiger partial charge in [-0.25, -0.2) is 4.68 Å². The third-order valence-corrected chi connectivity index (χ3v) is 7.01. The van der Waals surface area contributed by atoms with Crippen LogP contribution in [0.25, 0.3) is 23.0 Å². The molecule has 1 fully saturated rings.